The molecule has 0 saturated heterocycles. The molecule has 0 radical (unpaired) electrons. The van der Waals surface area contributed by atoms with Crippen LogP contribution in [-0.4, -0.2) is 39.3 Å². The fraction of sp³-hybridized carbons (Fsp3) is 0.438. The second-order valence-electron chi connectivity index (χ2n) is 4.76. The van der Waals surface area contributed by atoms with Crippen LogP contribution in [0.2, 0.25) is 0 Å². The van der Waals surface area contributed by atoms with Gasteiger partial charge in [-0.2, -0.15) is 0 Å². The van der Waals surface area contributed by atoms with Crippen molar-refractivity contribution >= 4 is 18.3 Å². The van der Waals surface area contributed by atoms with Crippen LogP contribution in [0.25, 0.3) is 0 Å². The van der Waals surface area contributed by atoms with E-state index in [2.05, 4.69) is 17.2 Å². The van der Waals surface area contributed by atoms with Gasteiger partial charge in [0.1, 0.15) is 0 Å². The summed E-state index contributed by atoms with van der Waals surface area (Å²) in [6, 6.07) is 5.85. The van der Waals surface area contributed by atoms with Crippen LogP contribution >= 0.6 is 12.4 Å². The molecule has 0 fully saturated rings. The van der Waals surface area contributed by atoms with Gasteiger partial charge >= 0.3 is 0 Å². The van der Waals surface area contributed by atoms with E-state index in [-0.39, 0.29) is 31.0 Å². The van der Waals surface area contributed by atoms with Gasteiger partial charge in [-0.15, -0.1) is 19.0 Å². The summed E-state index contributed by atoms with van der Waals surface area (Å²) in [5.74, 6) is 1.02. The van der Waals surface area contributed by atoms with Crippen LogP contribution in [0.15, 0.2) is 30.9 Å². The molecule has 5 nitrogen and oxygen atoms in total. The largest absolute Gasteiger partial charge is 0.493 e. The maximum absolute atomic E-state index is 11.7. The molecule has 124 valence electrons. The number of halogens is 1. The lowest BCUT2D eigenvalue weighted by atomic mass is 10.1. The molecule has 1 rings (SSSR count). The van der Waals surface area contributed by atoms with Gasteiger partial charge in [-0.3, -0.25) is 4.79 Å². The molecular formula is C16H25ClN2O3. The molecule has 0 bridgehead atoms. The van der Waals surface area contributed by atoms with Crippen molar-refractivity contribution in [2.45, 2.75) is 19.4 Å². The summed E-state index contributed by atoms with van der Waals surface area (Å²) in [5, 5.41) is 5.84. The van der Waals surface area contributed by atoms with Gasteiger partial charge in [0.15, 0.2) is 18.1 Å². The number of hydrogen-bond acceptors (Lipinski definition) is 4. The minimum Gasteiger partial charge on any atom is -0.493 e. The third-order valence-electron chi connectivity index (χ3n) is 3.07. The first-order chi connectivity index (χ1) is 10.1. The van der Waals surface area contributed by atoms with Crippen molar-refractivity contribution in [3.63, 3.8) is 0 Å². The number of methoxy groups -OCH3 is 1. The van der Waals surface area contributed by atoms with E-state index in [9.17, 15) is 4.79 Å². The monoisotopic (exact) mass is 328 g/mol. The lowest BCUT2D eigenvalue weighted by molar-refractivity contribution is -0.123. The van der Waals surface area contributed by atoms with E-state index in [1.165, 1.54) is 0 Å². The molecule has 0 aliphatic rings. The molecule has 0 heterocycles. The van der Waals surface area contributed by atoms with Gasteiger partial charge in [0.2, 0.25) is 0 Å². The van der Waals surface area contributed by atoms with Crippen molar-refractivity contribution in [2.75, 3.05) is 27.3 Å². The first-order valence-corrected chi connectivity index (χ1v) is 6.95. The van der Waals surface area contributed by atoms with Crippen LogP contribution in [0.1, 0.15) is 12.5 Å². The highest BCUT2D eigenvalue weighted by atomic mass is 35.5. The normalized spacial score (nSPS) is 11.0. The van der Waals surface area contributed by atoms with Gasteiger partial charge in [-0.1, -0.05) is 12.1 Å². The number of carbonyl (C=O) groups is 1. The Morgan fingerprint density at radius 3 is 2.73 bits per heavy atom. The van der Waals surface area contributed by atoms with Crippen molar-refractivity contribution in [1.29, 1.82) is 0 Å². The highest BCUT2D eigenvalue weighted by Crippen LogP contribution is 2.28. The van der Waals surface area contributed by atoms with Gasteiger partial charge in [-0.25, -0.2) is 0 Å². The molecule has 1 unspecified atom stereocenters. The third-order valence-corrected chi connectivity index (χ3v) is 3.07. The SMILES string of the molecule is C=CCc1ccc(OCC(=O)NCC(C)NC)c(OC)c1.Cl. The zero-order valence-corrected chi connectivity index (χ0v) is 14.2. The molecule has 1 aromatic rings. The highest BCUT2D eigenvalue weighted by molar-refractivity contribution is 5.85. The molecule has 1 aromatic carbocycles. The van der Waals surface area contributed by atoms with E-state index in [0.29, 0.717) is 18.0 Å². The average molecular weight is 329 g/mol. The summed E-state index contributed by atoms with van der Waals surface area (Å²) in [5.41, 5.74) is 1.08. The quantitative estimate of drug-likeness (QED) is 0.680. The average Bonchev–Trinajstić information content (AvgIpc) is 2.51. The van der Waals surface area contributed by atoms with Crippen LogP contribution in [0.3, 0.4) is 0 Å². The van der Waals surface area contributed by atoms with Crippen LogP contribution in [0, 0.1) is 0 Å². The zero-order valence-electron chi connectivity index (χ0n) is 13.3. The van der Waals surface area contributed by atoms with Crippen LogP contribution in [-0.2, 0) is 11.2 Å². The molecule has 1 amide bonds. The van der Waals surface area contributed by atoms with Crippen LogP contribution < -0.4 is 20.1 Å². The number of allylic oxidation sites excluding steroid dienone is 1. The topological polar surface area (TPSA) is 59.6 Å². The van der Waals surface area contributed by atoms with E-state index in [4.69, 9.17) is 9.47 Å². The van der Waals surface area contributed by atoms with E-state index in [0.717, 1.165) is 12.0 Å². The number of amides is 1. The number of likely N-dealkylation sites (N-methyl/N-ethyl adjacent to an activating group) is 1. The second kappa shape index (κ2) is 10.9. The molecule has 22 heavy (non-hydrogen) atoms. The maximum Gasteiger partial charge on any atom is 0.257 e. The number of nitrogens with one attached hydrogen (secondary N) is 2. The summed E-state index contributed by atoms with van der Waals surface area (Å²) in [7, 11) is 3.43. The lowest BCUT2D eigenvalue weighted by Gasteiger charge is -2.13. The smallest absolute Gasteiger partial charge is 0.257 e. The van der Waals surface area contributed by atoms with E-state index in [1.54, 1.807) is 13.2 Å². The number of ether oxygens (including phenoxy) is 2. The highest BCUT2D eigenvalue weighted by Gasteiger charge is 2.09. The van der Waals surface area contributed by atoms with Crippen LogP contribution in [0.4, 0.5) is 0 Å². The molecule has 0 aromatic heterocycles. The van der Waals surface area contributed by atoms with Crippen molar-refractivity contribution in [1.82, 2.24) is 10.6 Å². The Morgan fingerprint density at radius 2 is 2.14 bits per heavy atom. The summed E-state index contributed by atoms with van der Waals surface area (Å²) < 4.78 is 10.8. The predicted molar refractivity (Wildman–Crippen MR) is 91.2 cm³/mol. The Balaban J connectivity index is 0.00000441. The van der Waals surface area contributed by atoms with Gasteiger partial charge in [0, 0.05) is 12.6 Å². The molecule has 0 saturated carbocycles. The van der Waals surface area contributed by atoms with Crippen molar-refractivity contribution in [3.8, 4) is 11.5 Å². The minimum absolute atomic E-state index is 0. The first kappa shape index (κ1) is 20.3. The van der Waals surface area contributed by atoms with Gasteiger partial charge in [0.25, 0.3) is 5.91 Å². The van der Waals surface area contributed by atoms with E-state index < -0.39 is 0 Å². The Morgan fingerprint density at radius 1 is 1.41 bits per heavy atom. The molecule has 0 spiro atoms. The molecule has 6 heteroatoms. The van der Waals surface area contributed by atoms with Gasteiger partial charge in [-0.05, 0) is 38.1 Å². The van der Waals surface area contributed by atoms with Crippen molar-refractivity contribution in [3.05, 3.63) is 36.4 Å². The Labute approximate surface area is 138 Å². The molecule has 2 N–H and O–H groups in total. The van der Waals surface area contributed by atoms with Crippen molar-refractivity contribution in [2.24, 2.45) is 0 Å². The summed E-state index contributed by atoms with van der Waals surface area (Å²) in [6.45, 7) is 6.22. The Kier molecular flexibility index (Phi) is 10.1. The minimum atomic E-state index is -0.158. The van der Waals surface area contributed by atoms with E-state index >= 15 is 0 Å². The lowest BCUT2D eigenvalue weighted by Crippen LogP contribution is -2.39. The van der Waals surface area contributed by atoms with Crippen molar-refractivity contribution < 1.29 is 14.3 Å². The molecule has 0 aliphatic heterocycles. The van der Waals surface area contributed by atoms with E-state index in [1.807, 2.05) is 32.2 Å². The Hall–Kier alpha value is -1.72. The van der Waals surface area contributed by atoms with Crippen LogP contribution in [0.5, 0.6) is 11.5 Å². The molecule has 1 atom stereocenters. The number of carbonyl (C=O) groups excluding carboxylic acids is 1. The standard InChI is InChI=1S/C16H24N2O3.ClH/c1-5-6-13-7-8-14(15(9-13)20-4)21-11-16(19)18-10-12(2)17-3;/h5,7-9,12,17H,1,6,10-11H2,2-4H3,(H,18,19);1H. The van der Waals surface area contributed by atoms with Gasteiger partial charge < -0.3 is 20.1 Å². The second-order valence-corrected chi connectivity index (χ2v) is 4.76. The fourth-order valence-corrected chi connectivity index (χ4v) is 1.69. The number of hydrogen-bond donors (Lipinski definition) is 2. The molecule has 0 aliphatic carbocycles. The maximum atomic E-state index is 11.7. The summed E-state index contributed by atoms with van der Waals surface area (Å²) in [4.78, 5) is 11.7. The fourth-order valence-electron chi connectivity index (χ4n) is 1.69. The first-order valence-electron chi connectivity index (χ1n) is 6.95. The number of rotatable bonds is 9. The summed E-state index contributed by atoms with van der Waals surface area (Å²) >= 11 is 0. The predicted octanol–water partition coefficient (Wildman–Crippen LogP) is 1.95. The molecular weight excluding hydrogens is 304 g/mol. The van der Waals surface area contributed by atoms with Gasteiger partial charge in [0.05, 0.1) is 7.11 Å². The Bertz CT molecular complexity index is 480. The zero-order chi connectivity index (χ0) is 15.7. The number of benzene rings is 1. The third kappa shape index (κ3) is 6.83. The summed E-state index contributed by atoms with van der Waals surface area (Å²) in [6.07, 6.45) is 2.59.